The van der Waals surface area contributed by atoms with Gasteiger partial charge in [-0.05, 0) is 49.2 Å². The van der Waals surface area contributed by atoms with Crippen LogP contribution in [0.5, 0.6) is 5.75 Å². The van der Waals surface area contributed by atoms with Gasteiger partial charge in [0, 0.05) is 22.2 Å². The fourth-order valence-corrected chi connectivity index (χ4v) is 2.57. The summed E-state index contributed by atoms with van der Waals surface area (Å²) < 4.78 is 5.44. The van der Waals surface area contributed by atoms with Crippen molar-refractivity contribution in [2.75, 3.05) is 11.9 Å². The molecule has 0 saturated heterocycles. The van der Waals surface area contributed by atoms with Gasteiger partial charge < -0.3 is 14.8 Å². The van der Waals surface area contributed by atoms with Gasteiger partial charge >= 0.3 is 0 Å². The first kappa shape index (κ1) is 18.3. The molecule has 6 heteroatoms. The Balaban J connectivity index is 1.84. The fourth-order valence-electron chi connectivity index (χ4n) is 2.04. The lowest BCUT2D eigenvalue weighted by molar-refractivity contribution is -0.118. The normalized spacial score (nSPS) is 10.3. The number of rotatable bonds is 7. The van der Waals surface area contributed by atoms with Crippen LogP contribution in [-0.2, 0) is 16.0 Å². The average Bonchev–Trinajstić information content (AvgIpc) is 2.51. The highest BCUT2D eigenvalue weighted by atomic mass is 35.5. The monoisotopic (exact) mass is 365 g/mol. The molecule has 0 aliphatic heterocycles. The summed E-state index contributed by atoms with van der Waals surface area (Å²) in [5, 5.41) is 3.56. The highest BCUT2D eigenvalue weighted by Crippen LogP contribution is 2.22. The van der Waals surface area contributed by atoms with E-state index in [0.29, 0.717) is 34.3 Å². The summed E-state index contributed by atoms with van der Waals surface area (Å²) >= 11 is 11.8. The van der Waals surface area contributed by atoms with Gasteiger partial charge in [-0.25, -0.2) is 0 Å². The predicted molar refractivity (Wildman–Crippen MR) is 96.0 cm³/mol. The van der Waals surface area contributed by atoms with Crippen LogP contribution in [0.25, 0.3) is 0 Å². The van der Waals surface area contributed by atoms with Crippen LogP contribution < -0.4 is 10.1 Å². The molecule has 0 aromatic heterocycles. The van der Waals surface area contributed by atoms with Crippen LogP contribution in [0.4, 0.5) is 5.69 Å². The van der Waals surface area contributed by atoms with Gasteiger partial charge in [0.05, 0.1) is 0 Å². The Kier molecular flexibility index (Phi) is 6.64. The van der Waals surface area contributed by atoms with Gasteiger partial charge in [0.2, 0.25) is 0 Å². The van der Waals surface area contributed by atoms with Gasteiger partial charge in [-0.3, -0.25) is 4.79 Å². The van der Waals surface area contributed by atoms with Crippen molar-refractivity contribution in [3.8, 4) is 5.75 Å². The Labute approximate surface area is 150 Å². The van der Waals surface area contributed by atoms with E-state index in [1.165, 1.54) is 0 Å². The second-order valence-corrected chi connectivity index (χ2v) is 6.21. The topological polar surface area (TPSA) is 55.4 Å². The Morgan fingerprint density at radius 2 is 1.67 bits per heavy atom. The minimum atomic E-state index is -0.311. The Hall–Kier alpha value is -2.04. The van der Waals surface area contributed by atoms with E-state index in [-0.39, 0.29) is 18.3 Å². The number of ketones is 1. The number of aryl methyl sites for hydroxylation is 1. The Morgan fingerprint density at radius 1 is 1.04 bits per heavy atom. The molecular formula is C18H17Cl2NO3. The molecule has 24 heavy (non-hydrogen) atoms. The van der Waals surface area contributed by atoms with Crippen LogP contribution in [0.3, 0.4) is 0 Å². The van der Waals surface area contributed by atoms with Crippen molar-refractivity contribution in [1.82, 2.24) is 0 Å². The minimum absolute atomic E-state index is 0.128. The minimum Gasteiger partial charge on any atom is -0.484 e. The first-order valence-corrected chi connectivity index (χ1v) is 8.15. The van der Waals surface area contributed by atoms with Crippen LogP contribution in [0.1, 0.15) is 18.9 Å². The molecule has 0 saturated carbocycles. The zero-order valence-electron chi connectivity index (χ0n) is 13.1. The maximum Gasteiger partial charge on any atom is 0.262 e. The van der Waals surface area contributed by atoms with E-state index < -0.39 is 0 Å². The molecule has 2 aromatic carbocycles. The molecule has 0 unspecified atom stereocenters. The number of nitrogens with one attached hydrogen (secondary N) is 1. The maximum absolute atomic E-state index is 11.9. The van der Waals surface area contributed by atoms with Crippen molar-refractivity contribution >= 4 is 40.6 Å². The standard InChI is InChI=1S/C18H17Cl2NO3/c1-12(22)2-3-13-4-6-17(7-5-13)24-11-18(23)21-16-9-14(19)8-15(20)10-16/h4-10H,2-3,11H2,1H3,(H,21,23). The summed E-state index contributed by atoms with van der Waals surface area (Å²) in [7, 11) is 0. The van der Waals surface area contributed by atoms with Crippen molar-refractivity contribution in [2.24, 2.45) is 0 Å². The largest absolute Gasteiger partial charge is 0.484 e. The number of anilines is 1. The third kappa shape index (κ3) is 6.22. The number of ether oxygens (including phenoxy) is 1. The molecule has 1 amide bonds. The van der Waals surface area contributed by atoms with E-state index >= 15 is 0 Å². The van der Waals surface area contributed by atoms with Crippen molar-refractivity contribution < 1.29 is 14.3 Å². The molecule has 0 atom stereocenters. The predicted octanol–water partition coefficient (Wildman–Crippen LogP) is 4.53. The van der Waals surface area contributed by atoms with Crippen molar-refractivity contribution in [2.45, 2.75) is 19.8 Å². The lowest BCUT2D eigenvalue weighted by atomic mass is 10.1. The number of hydrogen-bond acceptors (Lipinski definition) is 3. The lowest BCUT2D eigenvalue weighted by Gasteiger charge is -2.09. The molecular weight excluding hydrogens is 349 g/mol. The number of hydrogen-bond donors (Lipinski definition) is 1. The average molecular weight is 366 g/mol. The summed E-state index contributed by atoms with van der Waals surface area (Å²) in [6.07, 6.45) is 1.22. The number of amides is 1. The third-order valence-corrected chi connectivity index (χ3v) is 3.64. The van der Waals surface area contributed by atoms with E-state index in [1.807, 2.05) is 12.1 Å². The molecule has 4 nitrogen and oxygen atoms in total. The number of benzene rings is 2. The van der Waals surface area contributed by atoms with Crippen LogP contribution in [0.2, 0.25) is 10.0 Å². The fraction of sp³-hybridized carbons (Fsp3) is 0.222. The van der Waals surface area contributed by atoms with Gasteiger partial charge in [0.1, 0.15) is 11.5 Å². The van der Waals surface area contributed by atoms with Crippen molar-refractivity contribution in [3.05, 3.63) is 58.1 Å². The van der Waals surface area contributed by atoms with Crippen LogP contribution in [-0.4, -0.2) is 18.3 Å². The molecule has 0 aliphatic rings. The zero-order chi connectivity index (χ0) is 17.5. The van der Waals surface area contributed by atoms with Gasteiger partial charge in [0.25, 0.3) is 5.91 Å². The summed E-state index contributed by atoms with van der Waals surface area (Å²) in [5.74, 6) is 0.433. The molecule has 0 aliphatic carbocycles. The SMILES string of the molecule is CC(=O)CCc1ccc(OCC(=O)Nc2cc(Cl)cc(Cl)c2)cc1. The number of Topliss-reactive ketones (excluding diaryl/α,β-unsaturated/α-hetero) is 1. The molecule has 2 aromatic rings. The van der Waals surface area contributed by atoms with Crippen LogP contribution in [0, 0.1) is 0 Å². The number of carbonyl (C=O) groups is 2. The van der Waals surface area contributed by atoms with E-state index in [9.17, 15) is 9.59 Å². The van der Waals surface area contributed by atoms with Gasteiger partial charge in [0.15, 0.2) is 6.61 Å². The van der Waals surface area contributed by atoms with E-state index in [1.54, 1.807) is 37.3 Å². The molecule has 0 spiro atoms. The van der Waals surface area contributed by atoms with Crippen molar-refractivity contribution in [1.29, 1.82) is 0 Å². The third-order valence-electron chi connectivity index (χ3n) is 3.21. The summed E-state index contributed by atoms with van der Waals surface area (Å²) in [6.45, 7) is 1.44. The lowest BCUT2D eigenvalue weighted by Crippen LogP contribution is -2.20. The molecule has 2 rings (SSSR count). The summed E-state index contributed by atoms with van der Waals surface area (Å²) in [4.78, 5) is 22.9. The van der Waals surface area contributed by atoms with Gasteiger partial charge in [-0.1, -0.05) is 35.3 Å². The van der Waals surface area contributed by atoms with E-state index in [4.69, 9.17) is 27.9 Å². The first-order valence-electron chi connectivity index (χ1n) is 7.39. The second-order valence-electron chi connectivity index (χ2n) is 5.34. The summed E-state index contributed by atoms with van der Waals surface area (Å²) in [6, 6.07) is 12.1. The molecule has 0 radical (unpaired) electrons. The zero-order valence-corrected chi connectivity index (χ0v) is 14.7. The smallest absolute Gasteiger partial charge is 0.262 e. The number of carbonyl (C=O) groups excluding carboxylic acids is 2. The quantitative estimate of drug-likeness (QED) is 0.783. The molecule has 126 valence electrons. The Bertz CT molecular complexity index is 709. The van der Waals surface area contributed by atoms with Gasteiger partial charge in [-0.15, -0.1) is 0 Å². The molecule has 0 heterocycles. The van der Waals surface area contributed by atoms with Crippen LogP contribution in [0.15, 0.2) is 42.5 Å². The van der Waals surface area contributed by atoms with E-state index in [0.717, 1.165) is 5.56 Å². The van der Waals surface area contributed by atoms with E-state index in [2.05, 4.69) is 5.32 Å². The maximum atomic E-state index is 11.9. The van der Waals surface area contributed by atoms with Crippen molar-refractivity contribution in [3.63, 3.8) is 0 Å². The molecule has 0 bridgehead atoms. The van der Waals surface area contributed by atoms with Gasteiger partial charge in [-0.2, -0.15) is 0 Å². The molecule has 1 N–H and O–H groups in total. The first-order chi connectivity index (χ1) is 11.4. The number of halogens is 2. The highest BCUT2D eigenvalue weighted by molar-refractivity contribution is 6.35. The summed E-state index contributed by atoms with van der Waals surface area (Å²) in [5.41, 5.74) is 1.57. The highest BCUT2D eigenvalue weighted by Gasteiger charge is 2.06. The Morgan fingerprint density at radius 3 is 2.25 bits per heavy atom. The molecule has 0 fully saturated rings. The van der Waals surface area contributed by atoms with Crippen LogP contribution >= 0.6 is 23.2 Å². The second kappa shape index (κ2) is 8.71.